The molecule has 1 saturated heterocycles. The maximum Gasteiger partial charge on any atom is 0.325 e. The number of urea groups is 1. The molecule has 1 unspecified atom stereocenters. The second-order valence-corrected chi connectivity index (χ2v) is 8.22. The van der Waals surface area contributed by atoms with Gasteiger partial charge in [0.1, 0.15) is 5.75 Å². The highest BCUT2D eigenvalue weighted by Gasteiger charge is 2.55. The number of benzene rings is 2. The van der Waals surface area contributed by atoms with Gasteiger partial charge in [-0.1, -0.05) is 29.8 Å². The van der Waals surface area contributed by atoms with Crippen molar-refractivity contribution in [3.05, 3.63) is 82.4 Å². The first-order valence-corrected chi connectivity index (χ1v) is 10.4. The van der Waals surface area contributed by atoms with E-state index >= 15 is 0 Å². The third-order valence-electron chi connectivity index (χ3n) is 5.87. The number of hydrogen-bond acceptors (Lipinski definition) is 5. The lowest BCUT2D eigenvalue weighted by molar-refractivity contribution is -0.133. The number of carbonyl (C=O) groups is 2. The van der Waals surface area contributed by atoms with E-state index in [1.165, 1.54) is 4.90 Å². The molecule has 1 aromatic heterocycles. The summed E-state index contributed by atoms with van der Waals surface area (Å²) in [6, 6.07) is 14.0. The Morgan fingerprint density at radius 3 is 2.78 bits per heavy atom. The molecule has 3 heterocycles. The highest BCUT2D eigenvalue weighted by Crippen LogP contribution is 2.42. The molecule has 32 heavy (non-hydrogen) atoms. The molecule has 1 N–H and O–H groups in total. The number of nitriles is 1. The van der Waals surface area contributed by atoms with E-state index in [4.69, 9.17) is 21.6 Å². The molecule has 160 valence electrons. The molecule has 1 fully saturated rings. The molecule has 1 atom stereocenters. The fourth-order valence-electron chi connectivity index (χ4n) is 4.20. The molecule has 1 spiro atoms. The summed E-state index contributed by atoms with van der Waals surface area (Å²) in [5.41, 5.74) is 1.74. The summed E-state index contributed by atoms with van der Waals surface area (Å²) in [6.07, 6.45) is 3.65. The number of fused-ring (bicyclic) bond motifs is 2. The van der Waals surface area contributed by atoms with Crippen LogP contribution in [0.5, 0.6) is 5.75 Å². The Hall–Kier alpha value is -3.83. The maximum atomic E-state index is 13.5. The molecular weight excluding hydrogens is 430 g/mol. The second-order valence-electron chi connectivity index (χ2n) is 7.79. The van der Waals surface area contributed by atoms with Crippen molar-refractivity contribution in [2.24, 2.45) is 0 Å². The van der Waals surface area contributed by atoms with Crippen molar-refractivity contribution in [3.63, 3.8) is 0 Å². The largest absolute Gasteiger partial charge is 0.493 e. The van der Waals surface area contributed by atoms with Gasteiger partial charge in [0.15, 0.2) is 5.54 Å². The number of nitrogens with zero attached hydrogens (tertiary/aromatic N) is 4. The lowest BCUT2D eigenvalue weighted by atomic mass is 9.84. The molecule has 2 aliphatic heterocycles. The molecule has 3 aromatic rings. The molecule has 8 nitrogen and oxygen atoms in total. The van der Waals surface area contributed by atoms with Gasteiger partial charge in [-0.15, -0.1) is 0 Å². The van der Waals surface area contributed by atoms with Gasteiger partial charge in [-0.3, -0.25) is 9.69 Å². The van der Waals surface area contributed by atoms with Crippen LogP contribution in [0.2, 0.25) is 5.02 Å². The van der Waals surface area contributed by atoms with Crippen LogP contribution in [0, 0.1) is 11.3 Å². The molecule has 0 bridgehead atoms. The van der Waals surface area contributed by atoms with Gasteiger partial charge in [-0.25, -0.2) is 9.78 Å². The van der Waals surface area contributed by atoms with Gasteiger partial charge in [-0.05, 0) is 29.8 Å². The van der Waals surface area contributed by atoms with Crippen molar-refractivity contribution in [1.82, 2.24) is 19.8 Å². The number of imide groups is 1. The van der Waals surface area contributed by atoms with E-state index in [1.54, 1.807) is 42.9 Å². The van der Waals surface area contributed by atoms with Crippen LogP contribution < -0.4 is 10.1 Å². The number of aromatic nitrogens is 2. The number of halogens is 1. The summed E-state index contributed by atoms with van der Waals surface area (Å²) in [5.74, 6) is 0.186. The van der Waals surface area contributed by atoms with E-state index < -0.39 is 11.6 Å². The number of rotatable bonds is 4. The topological polar surface area (TPSA) is 100 Å². The van der Waals surface area contributed by atoms with E-state index in [-0.39, 0.29) is 12.5 Å². The third kappa shape index (κ3) is 3.27. The summed E-state index contributed by atoms with van der Waals surface area (Å²) in [7, 11) is 0. The standard InChI is InChI=1S/C23H18ClN5O3/c24-17-5-6-19-20(9-17)32-8-7-23(19)21(30)29(22(31)27-23)13-18-11-26-14-28(18)12-16-3-1-15(10-25)2-4-16/h1-6,9,11,14H,7-8,12-13H2,(H,27,31). The summed E-state index contributed by atoms with van der Waals surface area (Å²) in [4.78, 5) is 31.8. The Morgan fingerprint density at radius 2 is 2.00 bits per heavy atom. The zero-order valence-corrected chi connectivity index (χ0v) is 17.7. The lowest BCUT2D eigenvalue weighted by Crippen LogP contribution is -2.47. The fourth-order valence-corrected chi connectivity index (χ4v) is 4.37. The predicted octanol–water partition coefficient (Wildman–Crippen LogP) is 3.19. The molecule has 2 aliphatic rings. The summed E-state index contributed by atoms with van der Waals surface area (Å²) in [5, 5.41) is 12.4. The van der Waals surface area contributed by atoms with Gasteiger partial charge in [0.05, 0.1) is 36.8 Å². The van der Waals surface area contributed by atoms with Gasteiger partial charge in [-0.2, -0.15) is 5.26 Å². The molecule has 2 aromatic carbocycles. The average Bonchev–Trinajstić information content (AvgIpc) is 3.32. The van der Waals surface area contributed by atoms with Crippen molar-refractivity contribution in [2.75, 3.05) is 6.61 Å². The molecular formula is C23H18ClN5O3. The highest BCUT2D eigenvalue weighted by atomic mass is 35.5. The van der Waals surface area contributed by atoms with E-state index in [1.807, 2.05) is 16.7 Å². The van der Waals surface area contributed by atoms with Crippen LogP contribution in [0.25, 0.3) is 0 Å². The Morgan fingerprint density at radius 1 is 1.19 bits per heavy atom. The zero-order chi connectivity index (χ0) is 22.3. The van der Waals surface area contributed by atoms with Crippen molar-refractivity contribution < 1.29 is 14.3 Å². The van der Waals surface area contributed by atoms with Crippen LogP contribution in [0.4, 0.5) is 4.79 Å². The zero-order valence-electron chi connectivity index (χ0n) is 16.9. The van der Waals surface area contributed by atoms with Gasteiger partial charge < -0.3 is 14.6 Å². The number of nitrogens with one attached hydrogen (secondary N) is 1. The smallest absolute Gasteiger partial charge is 0.325 e. The van der Waals surface area contributed by atoms with Gasteiger partial charge >= 0.3 is 6.03 Å². The van der Waals surface area contributed by atoms with Gasteiger partial charge in [0.25, 0.3) is 5.91 Å². The fraction of sp³-hybridized carbons (Fsp3) is 0.217. The van der Waals surface area contributed by atoms with Crippen LogP contribution >= 0.6 is 11.6 Å². The highest BCUT2D eigenvalue weighted by molar-refractivity contribution is 6.30. The van der Waals surface area contributed by atoms with E-state index in [2.05, 4.69) is 16.4 Å². The molecule has 0 saturated carbocycles. The number of imidazole rings is 1. The van der Waals surface area contributed by atoms with E-state index in [9.17, 15) is 9.59 Å². The summed E-state index contributed by atoms with van der Waals surface area (Å²) >= 11 is 6.07. The molecule has 3 amide bonds. The Bertz CT molecular complexity index is 1260. The first-order chi connectivity index (χ1) is 15.5. The SMILES string of the molecule is N#Cc1ccc(Cn2cncc2CN2C(=O)NC3(CCOc4cc(Cl)ccc43)C2=O)cc1. The van der Waals surface area contributed by atoms with E-state index in [0.717, 1.165) is 11.3 Å². The molecule has 0 radical (unpaired) electrons. The maximum absolute atomic E-state index is 13.5. The predicted molar refractivity (Wildman–Crippen MR) is 115 cm³/mol. The van der Waals surface area contributed by atoms with Gasteiger partial charge in [0.2, 0.25) is 0 Å². The van der Waals surface area contributed by atoms with Crippen molar-refractivity contribution in [2.45, 2.75) is 25.0 Å². The normalized spacial score (nSPS) is 19.4. The third-order valence-corrected chi connectivity index (χ3v) is 6.10. The molecule has 5 rings (SSSR count). The Kier molecular flexibility index (Phi) is 4.83. The number of hydrogen-bond donors (Lipinski definition) is 1. The van der Waals surface area contributed by atoms with Crippen LogP contribution in [0.15, 0.2) is 55.0 Å². The van der Waals surface area contributed by atoms with Crippen LogP contribution in [0.1, 0.15) is 28.8 Å². The first-order valence-electron chi connectivity index (χ1n) is 10.1. The number of amides is 3. The van der Waals surface area contributed by atoms with Crippen LogP contribution in [-0.4, -0.2) is 33.0 Å². The Balaban J connectivity index is 1.40. The van der Waals surface area contributed by atoms with Gasteiger partial charge in [0, 0.05) is 29.7 Å². The monoisotopic (exact) mass is 447 g/mol. The molecule has 9 heteroatoms. The number of carbonyl (C=O) groups excluding carboxylic acids is 2. The minimum absolute atomic E-state index is 0.0898. The van der Waals surface area contributed by atoms with Crippen molar-refractivity contribution in [1.29, 1.82) is 5.26 Å². The number of ether oxygens (including phenoxy) is 1. The quantitative estimate of drug-likeness (QED) is 0.619. The van der Waals surface area contributed by atoms with Crippen molar-refractivity contribution in [3.8, 4) is 11.8 Å². The first kappa shape index (κ1) is 20.1. The second kappa shape index (κ2) is 7.70. The molecule has 0 aliphatic carbocycles. The van der Waals surface area contributed by atoms with E-state index in [0.29, 0.717) is 41.5 Å². The summed E-state index contributed by atoms with van der Waals surface area (Å²) < 4.78 is 7.56. The van der Waals surface area contributed by atoms with Crippen molar-refractivity contribution >= 4 is 23.5 Å². The average molecular weight is 448 g/mol. The lowest BCUT2D eigenvalue weighted by Gasteiger charge is -2.33. The summed E-state index contributed by atoms with van der Waals surface area (Å²) in [6.45, 7) is 0.890. The Labute approximate surface area is 189 Å². The van der Waals surface area contributed by atoms with Crippen LogP contribution in [0.3, 0.4) is 0 Å². The minimum atomic E-state index is -1.16. The van der Waals surface area contributed by atoms with Crippen LogP contribution in [-0.2, 0) is 23.4 Å². The minimum Gasteiger partial charge on any atom is -0.493 e.